The van der Waals surface area contributed by atoms with Crippen LogP contribution < -0.4 is 11.5 Å². The quantitative estimate of drug-likeness (QED) is 0.712. The van der Waals surface area contributed by atoms with Crippen molar-refractivity contribution in [2.45, 2.75) is 13.5 Å². The Bertz CT molecular complexity index is 477. The summed E-state index contributed by atoms with van der Waals surface area (Å²) in [5, 5.41) is 1.10. The molecule has 2 rings (SSSR count). The molecule has 0 bridgehead atoms. The minimum absolute atomic E-state index is 0.433. The third-order valence-electron chi connectivity index (χ3n) is 2.30. The van der Waals surface area contributed by atoms with Gasteiger partial charge in [-0.15, -0.1) is 0 Å². The molecule has 3 nitrogen and oxygen atoms in total. The molecule has 0 fully saturated rings. The highest BCUT2D eigenvalue weighted by atomic mass is 14.8. The maximum Gasteiger partial charge on any atom is 0.128 e. The number of fused-ring (bicyclic) bond motifs is 1. The molecule has 1 heterocycles. The summed E-state index contributed by atoms with van der Waals surface area (Å²) in [6, 6.07) is 8.09. The van der Waals surface area contributed by atoms with Gasteiger partial charge in [0, 0.05) is 17.5 Å². The van der Waals surface area contributed by atoms with Crippen molar-refractivity contribution in [1.29, 1.82) is 0 Å². The Morgan fingerprint density at radius 3 is 2.79 bits per heavy atom. The fourth-order valence-corrected chi connectivity index (χ4v) is 1.52. The summed E-state index contributed by atoms with van der Waals surface area (Å²) in [5.41, 5.74) is 14.3. The first-order chi connectivity index (χ1) is 6.70. The Balaban J connectivity index is 2.73. The van der Waals surface area contributed by atoms with Crippen molar-refractivity contribution in [2.75, 3.05) is 5.73 Å². The Morgan fingerprint density at radius 1 is 1.29 bits per heavy atom. The fourth-order valence-electron chi connectivity index (χ4n) is 1.52. The minimum Gasteiger partial charge on any atom is -0.383 e. The number of hydrogen-bond donors (Lipinski definition) is 2. The van der Waals surface area contributed by atoms with E-state index < -0.39 is 0 Å². The molecule has 0 aliphatic carbocycles. The summed E-state index contributed by atoms with van der Waals surface area (Å²) in [6.45, 7) is 2.49. The zero-order valence-electron chi connectivity index (χ0n) is 8.12. The van der Waals surface area contributed by atoms with Gasteiger partial charge < -0.3 is 11.5 Å². The maximum absolute atomic E-state index is 5.74. The summed E-state index contributed by atoms with van der Waals surface area (Å²) in [4.78, 5) is 4.29. The smallest absolute Gasteiger partial charge is 0.128 e. The van der Waals surface area contributed by atoms with Gasteiger partial charge in [0.2, 0.25) is 0 Å². The third-order valence-corrected chi connectivity index (χ3v) is 2.30. The van der Waals surface area contributed by atoms with Gasteiger partial charge in [0.15, 0.2) is 0 Å². The molecule has 0 radical (unpaired) electrons. The molecule has 0 aliphatic rings. The number of nitrogens with two attached hydrogens (primary N) is 2. The molecular formula is C11H13N3. The van der Waals surface area contributed by atoms with Crippen molar-refractivity contribution in [1.82, 2.24) is 4.98 Å². The number of pyridine rings is 1. The number of benzene rings is 1. The molecule has 1 aromatic carbocycles. The second-order valence-corrected chi connectivity index (χ2v) is 3.43. The van der Waals surface area contributed by atoms with Gasteiger partial charge in [-0.1, -0.05) is 11.6 Å². The van der Waals surface area contributed by atoms with Crippen LogP contribution in [-0.4, -0.2) is 4.98 Å². The van der Waals surface area contributed by atoms with E-state index >= 15 is 0 Å². The molecule has 14 heavy (non-hydrogen) atoms. The Morgan fingerprint density at radius 2 is 2.07 bits per heavy atom. The number of aryl methyl sites for hydroxylation is 1. The number of nitrogens with zero attached hydrogens (tertiary/aromatic N) is 1. The lowest BCUT2D eigenvalue weighted by atomic mass is 10.1. The van der Waals surface area contributed by atoms with Crippen LogP contribution in [0.4, 0.5) is 5.82 Å². The summed E-state index contributed by atoms with van der Waals surface area (Å²) in [6.07, 6.45) is 0. The molecule has 0 spiro atoms. The van der Waals surface area contributed by atoms with E-state index in [1.54, 1.807) is 0 Å². The van der Waals surface area contributed by atoms with E-state index in [1.807, 2.05) is 18.2 Å². The highest BCUT2D eigenvalue weighted by molar-refractivity contribution is 5.82. The molecule has 0 unspecified atom stereocenters. The van der Waals surface area contributed by atoms with Crippen LogP contribution in [0.5, 0.6) is 0 Å². The largest absolute Gasteiger partial charge is 0.383 e. The van der Waals surface area contributed by atoms with Crippen LogP contribution in [0.2, 0.25) is 0 Å². The Labute approximate surface area is 82.7 Å². The summed E-state index contributed by atoms with van der Waals surface area (Å²) in [5.74, 6) is 0.531. The van der Waals surface area contributed by atoms with Crippen LogP contribution in [0.1, 0.15) is 11.1 Å². The summed E-state index contributed by atoms with van der Waals surface area (Å²) >= 11 is 0. The number of hydrogen-bond acceptors (Lipinski definition) is 3. The summed E-state index contributed by atoms with van der Waals surface area (Å²) < 4.78 is 0. The molecule has 1 aromatic heterocycles. The van der Waals surface area contributed by atoms with E-state index in [4.69, 9.17) is 11.5 Å². The van der Waals surface area contributed by atoms with Gasteiger partial charge in [-0.25, -0.2) is 4.98 Å². The maximum atomic E-state index is 5.74. The van der Waals surface area contributed by atoms with E-state index in [9.17, 15) is 0 Å². The van der Waals surface area contributed by atoms with Crippen LogP contribution in [-0.2, 0) is 6.54 Å². The van der Waals surface area contributed by atoms with Gasteiger partial charge >= 0.3 is 0 Å². The molecule has 0 atom stereocenters. The van der Waals surface area contributed by atoms with Crippen molar-refractivity contribution < 1.29 is 0 Å². The van der Waals surface area contributed by atoms with Crippen molar-refractivity contribution in [3.05, 3.63) is 35.4 Å². The predicted octanol–water partition coefficient (Wildman–Crippen LogP) is 1.58. The van der Waals surface area contributed by atoms with Crippen LogP contribution in [0.15, 0.2) is 24.3 Å². The number of aromatic nitrogens is 1. The molecule has 3 heteroatoms. The lowest BCUT2D eigenvalue weighted by molar-refractivity contribution is 1.06. The van der Waals surface area contributed by atoms with Gasteiger partial charge in [-0.05, 0) is 25.1 Å². The molecular weight excluding hydrogens is 174 g/mol. The first-order valence-corrected chi connectivity index (χ1v) is 4.56. The number of rotatable bonds is 1. The highest BCUT2D eigenvalue weighted by Gasteiger charge is 2.01. The molecule has 0 amide bonds. The highest BCUT2D eigenvalue weighted by Crippen LogP contribution is 2.19. The van der Waals surface area contributed by atoms with Crippen molar-refractivity contribution in [3.8, 4) is 0 Å². The zero-order valence-corrected chi connectivity index (χ0v) is 8.12. The number of anilines is 1. The Kier molecular flexibility index (Phi) is 2.09. The average molecular weight is 187 g/mol. The van der Waals surface area contributed by atoms with Gasteiger partial charge in [0.05, 0.1) is 5.52 Å². The first-order valence-electron chi connectivity index (χ1n) is 4.56. The van der Waals surface area contributed by atoms with Gasteiger partial charge in [0.1, 0.15) is 5.82 Å². The SMILES string of the molecule is Cc1ccc2nc(N)c(CN)cc2c1. The molecule has 2 aromatic rings. The van der Waals surface area contributed by atoms with E-state index in [0.717, 1.165) is 16.5 Å². The lowest BCUT2D eigenvalue weighted by Gasteiger charge is -2.05. The minimum atomic E-state index is 0.433. The summed E-state index contributed by atoms with van der Waals surface area (Å²) in [7, 11) is 0. The fraction of sp³-hybridized carbons (Fsp3) is 0.182. The second-order valence-electron chi connectivity index (χ2n) is 3.43. The van der Waals surface area contributed by atoms with E-state index in [1.165, 1.54) is 5.56 Å². The van der Waals surface area contributed by atoms with Gasteiger partial charge in [-0.2, -0.15) is 0 Å². The van der Waals surface area contributed by atoms with Crippen molar-refractivity contribution >= 4 is 16.7 Å². The lowest BCUT2D eigenvalue weighted by Crippen LogP contribution is -2.03. The average Bonchev–Trinajstić information content (AvgIpc) is 2.17. The normalized spacial score (nSPS) is 10.7. The van der Waals surface area contributed by atoms with Gasteiger partial charge in [-0.3, -0.25) is 0 Å². The van der Waals surface area contributed by atoms with Crippen molar-refractivity contribution in [2.24, 2.45) is 5.73 Å². The van der Waals surface area contributed by atoms with Crippen LogP contribution in [0.3, 0.4) is 0 Å². The van der Waals surface area contributed by atoms with E-state index in [2.05, 4.69) is 18.0 Å². The van der Waals surface area contributed by atoms with Crippen LogP contribution >= 0.6 is 0 Å². The van der Waals surface area contributed by atoms with E-state index in [-0.39, 0.29) is 0 Å². The molecule has 0 saturated carbocycles. The molecule has 0 aliphatic heterocycles. The molecule has 0 saturated heterocycles. The Hall–Kier alpha value is -1.61. The number of nitrogen functional groups attached to an aromatic ring is 1. The van der Waals surface area contributed by atoms with E-state index in [0.29, 0.717) is 12.4 Å². The van der Waals surface area contributed by atoms with Crippen LogP contribution in [0, 0.1) is 6.92 Å². The van der Waals surface area contributed by atoms with Crippen LogP contribution in [0.25, 0.3) is 10.9 Å². The van der Waals surface area contributed by atoms with Gasteiger partial charge in [0.25, 0.3) is 0 Å². The van der Waals surface area contributed by atoms with Crippen molar-refractivity contribution in [3.63, 3.8) is 0 Å². The second kappa shape index (κ2) is 3.27. The monoisotopic (exact) mass is 187 g/mol. The topological polar surface area (TPSA) is 64.9 Å². The third kappa shape index (κ3) is 1.42. The zero-order chi connectivity index (χ0) is 10.1. The molecule has 72 valence electrons. The molecule has 4 N–H and O–H groups in total. The predicted molar refractivity (Wildman–Crippen MR) is 58.8 cm³/mol. The first kappa shape index (κ1) is 8.97. The standard InChI is InChI=1S/C11H13N3/c1-7-2-3-10-8(4-7)5-9(6-12)11(13)14-10/h2-5H,6,12H2,1H3,(H2,13,14).